The van der Waals surface area contributed by atoms with Gasteiger partial charge in [-0.3, -0.25) is 14.4 Å². The average molecular weight is 593 g/mol. The van der Waals surface area contributed by atoms with E-state index in [0.29, 0.717) is 43.7 Å². The van der Waals surface area contributed by atoms with E-state index in [1.54, 1.807) is 13.8 Å². The molecule has 0 bridgehead atoms. The van der Waals surface area contributed by atoms with Gasteiger partial charge in [-0.15, -0.1) is 0 Å². The lowest BCUT2D eigenvalue weighted by molar-refractivity contribution is -0.214. The third kappa shape index (κ3) is 54.0. The molecule has 242 valence electrons. The van der Waals surface area contributed by atoms with Gasteiger partial charge in [0, 0.05) is 19.8 Å². The molecule has 0 heterocycles. The van der Waals surface area contributed by atoms with Crippen molar-refractivity contribution in [2.45, 2.75) is 132 Å². The Morgan fingerprint density at radius 3 is 1.51 bits per heavy atom. The van der Waals surface area contributed by atoms with Crippen molar-refractivity contribution in [2.75, 3.05) is 6.61 Å². The summed E-state index contributed by atoms with van der Waals surface area (Å²) in [5.74, 6) is -0.173. The van der Waals surface area contributed by atoms with Crippen molar-refractivity contribution in [2.24, 2.45) is 23.7 Å². The number of hydrogen-bond acceptors (Lipinski definition) is 9. The summed E-state index contributed by atoms with van der Waals surface area (Å²) < 4.78 is 10.4. The van der Waals surface area contributed by atoms with Crippen LogP contribution in [0.5, 0.6) is 0 Å². The van der Waals surface area contributed by atoms with Crippen LogP contribution in [0.2, 0.25) is 0 Å². The molecule has 0 radical (unpaired) electrons. The second-order valence-corrected chi connectivity index (χ2v) is 10.9. The van der Waals surface area contributed by atoms with Gasteiger partial charge >= 0.3 is 24.2 Å². The Kier molecular flexibility index (Phi) is 41.1. The number of ether oxygens (including phenoxy) is 2. The first-order chi connectivity index (χ1) is 19.0. The van der Waals surface area contributed by atoms with E-state index in [1.165, 1.54) is 0 Å². The molecule has 41 heavy (non-hydrogen) atoms. The van der Waals surface area contributed by atoms with Crippen LogP contribution in [0.25, 0.3) is 0 Å². The molecule has 0 aliphatic rings. The number of carbonyl (C=O) groups excluding carboxylic acids is 5. The van der Waals surface area contributed by atoms with Gasteiger partial charge in [0.1, 0.15) is 0 Å². The lowest BCUT2D eigenvalue weighted by Gasteiger charge is -2.26. The number of rotatable bonds is 18. The van der Waals surface area contributed by atoms with Gasteiger partial charge < -0.3 is 19.7 Å². The smallest absolute Gasteiger partial charge is 0.373 e. The second kappa shape index (κ2) is 35.2. The monoisotopic (exact) mass is 592 g/mol. The fourth-order valence-electron chi connectivity index (χ4n) is 2.89. The van der Waals surface area contributed by atoms with Crippen molar-refractivity contribution in [3.05, 3.63) is 0 Å². The standard InChI is InChI=1S/C11H22O3.C9H18O2.C8H16O2.2CO2/c1-5-11(4,14-9-12)13-8-6-7-10(2)3;1-7(2)5-4-6-8(3)9(10)11;1-7(2)5-3-4-6-8(9)10;2*2-1-3/h9-10H,5-8H2,1-4H3;7-8H,4-6H2,1-3H3,(H,10,11);7H,3-6H2,1-2H3,(H,9,10);;. The van der Waals surface area contributed by atoms with E-state index in [0.717, 1.165) is 51.4 Å². The number of hydrogen-bond donors (Lipinski definition) is 2. The molecule has 2 atom stereocenters. The van der Waals surface area contributed by atoms with Gasteiger partial charge in [-0.1, -0.05) is 81.1 Å². The molecule has 0 aromatic rings. The lowest BCUT2D eigenvalue weighted by Crippen LogP contribution is -2.31. The SMILES string of the molecule is CC(C)CCCC(C)C(=O)O.CC(C)CCCCC(=O)O.CCC(C)(OC=O)OCCCC(C)C.O=C=O.O=C=O. The van der Waals surface area contributed by atoms with Gasteiger partial charge in [-0.25, -0.2) is 0 Å². The lowest BCUT2D eigenvalue weighted by atomic mass is 10.00. The average Bonchev–Trinajstić information content (AvgIpc) is 2.86. The quantitative estimate of drug-likeness (QED) is 0.102. The normalized spacial score (nSPS) is 11.7. The molecule has 0 aliphatic heterocycles. The van der Waals surface area contributed by atoms with Gasteiger partial charge in [0.2, 0.25) is 5.79 Å². The molecule has 0 aromatic carbocycles. The Labute approximate surface area is 246 Å². The topological polar surface area (TPSA) is 178 Å². The molecule has 2 unspecified atom stereocenters. The first-order valence-corrected chi connectivity index (χ1v) is 14.2. The highest BCUT2D eigenvalue weighted by atomic mass is 16.7. The summed E-state index contributed by atoms with van der Waals surface area (Å²) in [6.07, 6.45) is 9.65. The van der Waals surface area contributed by atoms with Crippen LogP contribution < -0.4 is 0 Å². The highest BCUT2D eigenvalue weighted by Gasteiger charge is 2.23. The zero-order valence-corrected chi connectivity index (χ0v) is 26.7. The summed E-state index contributed by atoms with van der Waals surface area (Å²) in [5.41, 5.74) is 0. The predicted molar refractivity (Wildman–Crippen MR) is 152 cm³/mol. The minimum absolute atomic E-state index is 0.172. The minimum Gasteiger partial charge on any atom is -0.481 e. The van der Waals surface area contributed by atoms with Crippen LogP contribution in [0, 0.1) is 23.7 Å². The Morgan fingerprint density at radius 1 is 0.756 bits per heavy atom. The molecule has 0 spiro atoms. The maximum absolute atomic E-state index is 10.4. The summed E-state index contributed by atoms with van der Waals surface area (Å²) in [4.78, 5) is 63.1. The Hall–Kier alpha value is -2.87. The van der Waals surface area contributed by atoms with Crippen molar-refractivity contribution in [3.63, 3.8) is 0 Å². The highest BCUT2D eigenvalue weighted by molar-refractivity contribution is 5.69. The van der Waals surface area contributed by atoms with Crippen LogP contribution in [0.1, 0.15) is 127 Å². The molecule has 11 heteroatoms. The molecule has 2 N–H and O–H groups in total. The van der Waals surface area contributed by atoms with E-state index in [2.05, 4.69) is 41.5 Å². The maximum Gasteiger partial charge on any atom is 0.373 e. The molecule has 0 saturated heterocycles. The summed E-state index contributed by atoms with van der Waals surface area (Å²) in [7, 11) is 0. The number of unbranched alkanes of at least 4 members (excludes halogenated alkanes) is 1. The van der Waals surface area contributed by atoms with Crippen LogP contribution >= 0.6 is 0 Å². The fourth-order valence-corrected chi connectivity index (χ4v) is 2.89. The molecular formula is C30H56O11. The van der Waals surface area contributed by atoms with Gasteiger partial charge in [-0.05, 0) is 43.4 Å². The summed E-state index contributed by atoms with van der Waals surface area (Å²) in [6.45, 7) is 19.6. The first-order valence-electron chi connectivity index (χ1n) is 14.2. The van der Waals surface area contributed by atoms with E-state index >= 15 is 0 Å². The van der Waals surface area contributed by atoms with Crippen molar-refractivity contribution in [1.82, 2.24) is 0 Å². The molecule has 0 aromatic heterocycles. The second-order valence-electron chi connectivity index (χ2n) is 10.9. The zero-order valence-electron chi connectivity index (χ0n) is 26.7. The zero-order chi connectivity index (χ0) is 33.3. The summed E-state index contributed by atoms with van der Waals surface area (Å²) >= 11 is 0. The Balaban J connectivity index is -0.000000145. The molecule has 0 aliphatic carbocycles. The summed E-state index contributed by atoms with van der Waals surface area (Å²) in [5, 5.41) is 16.8. The molecule has 0 saturated carbocycles. The minimum atomic E-state index is -0.737. The van der Waals surface area contributed by atoms with Gasteiger partial charge in [0.15, 0.2) is 0 Å². The van der Waals surface area contributed by atoms with Gasteiger partial charge in [0.25, 0.3) is 6.47 Å². The van der Waals surface area contributed by atoms with Crippen molar-refractivity contribution in [1.29, 1.82) is 0 Å². The fraction of sp³-hybridized carbons (Fsp3) is 0.833. The number of carbonyl (C=O) groups is 3. The molecule has 0 amide bonds. The van der Waals surface area contributed by atoms with Crippen LogP contribution in [0.15, 0.2) is 0 Å². The third-order valence-electron chi connectivity index (χ3n) is 5.54. The summed E-state index contributed by atoms with van der Waals surface area (Å²) in [6, 6.07) is 0. The maximum atomic E-state index is 10.4. The number of carboxylic acid groups (broad SMARTS) is 2. The molecule has 11 nitrogen and oxygen atoms in total. The third-order valence-corrected chi connectivity index (χ3v) is 5.54. The van der Waals surface area contributed by atoms with Crippen LogP contribution in [0.4, 0.5) is 0 Å². The largest absolute Gasteiger partial charge is 0.481 e. The highest BCUT2D eigenvalue weighted by Crippen LogP contribution is 2.17. The van der Waals surface area contributed by atoms with E-state index in [4.69, 9.17) is 38.9 Å². The Bertz CT molecular complexity index is 666. The molecule has 0 fully saturated rings. The van der Waals surface area contributed by atoms with E-state index in [1.807, 2.05) is 6.92 Å². The van der Waals surface area contributed by atoms with Crippen molar-refractivity contribution < 1.29 is 53.2 Å². The van der Waals surface area contributed by atoms with Gasteiger partial charge in [-0.2, -0.15) is 19.2 Å². The number of aliphatic carboxylic acids is 2. The van der Waals surface area contributed by atoms with E-state index in [9.17, 15) is 14.4 Å². The predicted octanol–water partition coefficient (Wildman–Crippen LogP) is 6.39. The van der Waals surface area contributed by atoms with E-state index < -0.39 is 17.7 Å². The van der Waals surface area contributed by atoms with Crippen molar-refractivity contribution in [3.8, 4) is 0 Å². The van der Waals surface area contributed by atoms with Crippen LogP contribution in [-0.4, -0.2) is 53.3 Å². The van der Waals surface area contributed by atoms with Crippen molar-refractivity contribution >= 4 is 30.7 Å². The Morgan fingerprint density at radius 2 is 1.17 bits per heavy atom. The number of carboxylic acids is 2. The molecular weight excluding hydrogens is 536 g/mol. The van der Waals surface area contributed by atoms with Crippen LogP contribution in [-0.2, 0) is 43.0 Å². The van der Waals surface area contributed by atoms with E-state index in [-0.39, 0.29) is 18.2 Å². The first kappa shape index (κ1) is 47.9. The molecule has 0 rings (SSSR count). The van der Waals surface area contributed by atoms with Gasteiger partial charge in [0.05, 0.1) is 12.5 Å². The van der Waals surface area contributed by atoms with Crippen LogP contribution in [0.3, 0.4) is 0 Å².